The van der Waals surface area contributed by atoms with Crippen molar-refractivity contribution in [3.05, 3.63) is 81.1 Å². The van der Waals surface area contributed by atoms with Gasteiger partial charge in [0.2, 0.25) is 0 Å². The highest BCUT2D eigenvalue weighted by Gasteiger charge is 2.18. The summed E-state index contributed by atoms with van der Waals surface area (Å²) in [4.78, 5) is 12.8. The normalized spacial score (nSPS) is 12.0. The number of halogens is 1. The van der Waals surface area contributed by atoms with Gasteiger partial charge in [0.05, 0.1) is 3.79 Å². The maximum absolute atomic E-state index is 12.8. The zero-order chi connectivity index (χ0) is 20.5. The van der Waals surface area contributed by atoms with Crippen molar-refractivity contribution in [1.82, 2.24) is 0 Å². The van der Waals surface area contributed by atoms with Crippen molar-refractivity contribution in [3.63, 3.8) is 0 Å². The molecule has 3 aromatic rings. The van der Waals surface area contributed by atoms with Gasteiger partial charge in [0.15, 0.2) is 5.78 Å². The number of hydrogen-bond donors (Lipinski definition) is 1. The van der Waals surface area contributed by atoms with E-state index in [0.29, 0.717) is 16.8 Å². The van der Waals surface area contributed by atoms with Crippen LogP contribution in [0.3, 0.4) is 0 Å². The van der Waals surface area contributed by atoms with Crippen LogP contribution in [-0.4, -0.2) is 14.2 Å². The minimum Gasteiger partial charge on any atom is -0.289 e. The predicted molar refractivity (Wildman–Crippen MR) is 118 cm³/mol. The average Bonchev–Trinajstić information content (AvgIpc) is 3.08. The van der Waals surface area contributed by atoms with Gasteiger partial charge in [-0.3, -0.25) is 9.52 Å². The van der Waals surface area contributed by atoms with E-state index < -0.39 is 10.0 Å². The third kappa shape index (κ3) is 4.71. The molecule has 0 saturated heterocycles. The molecule has 0 aliphatic carbocycles. The summed E-state index contributed by atoms with van der Waals surface area (Å²) in [6, 6.07) is 17.3. The van der Waals surface area contributed by atoms with Gasteiger partial charge < -0.3 is 0 Å². The molecule has 0 fully saturated rings. The van der Waals surface area contributed by atoms with Crippen molar-refractivity contribution in [1.29, 1.82) is 0 Å². The SMILES string of the molecule is CC(C)(C)c1ccc(C(=O)c2cccc(NS(=O)(=O)c3ccc(Br)s3)c2)cc1. The summed E-state index contributed by atoms with van der Waals surface area (Å²) in [6.07, 6.45) is 0. The summed E-state index contributed by atoms with van der Waals surface area (Å²) >= 11 is 4.39. The molecular formula is C21H20BrNO3S2. The molecule has 0 amide bonds. The second kappa shape index (κ2) is 7.81. The van der Waals surface area contributed by atoms with Gasteiger partial charge in [0.1, 0.15) is 4.21 Å². The topological polar surface area (TPSA) is 63.2 Å². The largest absolute Gasteiger partial charge is 0.289 e. The Kier molecular flexibility index (Phi) is 5.79. The first kappa shape index (κ1) is 20.8. The molecule has 7 heteroatoms. The van der Waals surface area contributed by atoms with Crippen LogP contribution in [0.2, 0.25) is 0 Å². The van der Waals surface area contributed by atoms with Crippen LogP contribution < -0.4 is 4.72 Å². The number of anilines is 1. The van der Waals surface area contributed by atoms with Crippen LogP contribution in [0.15, 0.2) is 68.7 Å². The Morgan fingerprint density at radius 1 is 0.964 bits per heavy atom. The number of nitrogens with one attached hydrogen (secondary N) is 1. The quantitative estimate of drug-likeness (QED) is 0.469. The molecule has 0 unspecified atom stereocenters. The van der Waals surface area contributed by atoms with Crippen molar-refractivity contribution < 1.29 is 13.2 Å². The minimum absolute atomic E-state index is 0.0105. The van der Waals surface area contributed by atoms with E-state index in [9.17, 15) is 13.2 Å². The number of carbonyl (C=O) groups is 1. The van der Waals surface area contributed by atoms with Crippen molar-refractivity contribution in [2.75, 3.05) is 4.72 Å². The smallest absolute Gasteiger partial charge is 0.271 e. The number of rotatable bonds is 5. The molecule has 0 saturated carbocycles. The average molecular weight is 478 g/mol. The standard InChI is InChI=1S/C21H20BrNO3S2/c1-21(2,3)16-9-7-14(8-10-16)20(24)15-5-4-6-17(13-15)23-28(25,26)19-12-11-18(22)27-19/h4-13,23H,1-3H3. The molecule has 28 heavy (non-hydrogen) atoms. The van der Waals surface area contributed by atoms with Gasteiger partial charge in [-0.2, -0.15) is 0 Å². The fourth-order valence-electron chi connectivity index (χ4n) is 2.66. The molecule has 0 bridgehead atoms. The zero-order valence-electron chi connectivity index (χ0n) is 15.7. The molecule has 1 aromatic heterocycles. The maximum Gasteiger partial charge on any atom is 0.271 e. The summed E-state index contributed by atoms with van der Waals surface area (Å²) in [5, 5.41) is 0. The number of thiophene rings is 1. The lowest BCUT2D eigenvalue weighted by atomic mass is 9.86. The van der Waals surface area contributed by atoms with Crippen molar-refractivity contribution in [2.45, 2.75) is 30.4 Å². The van der Waals surface area contributed by atoms with Gasteiger partial charge in [0, 0.05) is 16.8 Å². The highest BCUT2D eigenvalue weighted by Crippen LogP contribution is 2.28. The molecule has 4 nitrogen and oxygen atoms in total. The van der Waals surface area contributed by atoms with E-state index in [0.717, 1.165) is 20.7 Å². The van der Waals surface area contributed by atoms with E-state index in [-0.39, 0.29) is 15.4 Å². The van der Waals surface area contributed by atoms with E-state index >= 15 is 0 Å². The molecular weight excluding hydrogens is 458 g/mol. The fraction of sp³-hybridized carbons (Fsp3) is 0.190. The van der Waals surface area contributed by atoms with Crippen molar-refractivity contribution >= 4 is 48.8 Å². The Hall–Kier alpha value is -1.96. The maximum atomic E-state index is 12.8. The van der Waals surface area contributed by atoms with E-state index in [4.69, 9.17) is 0 Å². The fourth-order valence-corrected chi connectivity index (χ4v) is 5.72. The van der Waals surface area contributed by atoms with Gasteiger partial charge in [-0.15, -0.1) is 11.3 Å². The van der Waals surface area contributed by atoms with E-state index in [2.05, 4.69) is 41.4 Å². The number of hydrogen-bond acceptors (Lipinski definition) is 4. The molecule has 2 aromatic carbocycles. The van der Waals surface area contributed by atoms with Crippen molar-refractivity contribution in [2.24, 2.45) is 0 Å². The Bertz CT molecular complexity index is 1110. The molecule has 0 atom stereocenters. The molecule has 146 valence electrons. The van der Waals surface area contributed by atoms with Gasteiger partial charge in [0.25, 0.3) is 10.0 Å². The van der Waals surface area contributed by atoms with Crippen LogP contribution in [0, 0.1) is 0 Å². The predicted octanol–water partition coefficient (Wildman–Crippen LogP) is 5.84. The second-order valence-corrected chi connectivity index (χ2v) is 11.8. The molecule has 3 rings (SSSR count). The van der Waals surface area contributed by atoms with Crippen LogP contribution in [0.5, 0.6) is 0 Å². The van der Waals surface area contributed by atoms with Gasteiger partial charge in [-0.25, -0.2) is 8.42 Å². The summed E-state index contributed by atoms with van der Waals surface area (Å²) in [6.45, 7) is 6.35. The van der Waals surface area contributed by atoms with Crippen LogP contribution in [-0.2, 0) is 15.4 Å². The van der Waals surface area contributed by atoms with Gasteiger partial charge >= 0.3 is 0 Å². The van der Waals surface area contributed by atoms with E-state index in [1.807, 2.05) is 24.3 Å². The number of benzene rings is 2. The number of sulfonamides is 1. The summed E-state index contributed by atoms with van der Waals surface area (Å²) < 4.78 is 28.4. The van der Waals surface area contributed by atoms with Crippen LogP contribution in [0.1, 0.15) is 42.3 Å². The Morgan fingerprint density at radius 3 is 2.21 bits per heavy atom. The molecule has 0 aliphatic rings. The molecule has 0 spiro atoms. The van der Waals surface area contributed by atoms with Crippen LogP contribution in [0.25, 0.3) is 0 Å². The lowest BCUT2D eigenvalue weighted by Gasteiger charge is -2.19. The van der Waals surface area contributed by atoms with E-state index in [1.165, 1.54) is 6.07 Å². The molecule has 0 aliphatic heterocycles. The number of ketones is 1. The number of carbonyl (C=O) groups excluding carboxylic acids is 1. The lowest BCUT2D eigenvalue weighted by Crippen LogP contribution is -2.12. The highest BCUT2D eigenvalue weighted by molar-refractivity contribution is 9.11. The Morgan fingerprint density at radius 2 is 1.64 bits per heavy atom. The molecule has 0 radical (unpaired) electrons. The first-order valence-corrected chi connectivity index (χ1v) is 11.7. The van der Waals surface area contributed by atoms with Gasteiger partial charge in [-0.1, -0.05) is 57.2 Å². The zero-order valence-corrected chi connectivity index (χ0v) is 18.9. The second-order valence-electron chi connectivity index (χ2n) is 7.40. The first-order chi connectivity index (χ1) is 13.1. The summed E-state index contributed by atoms with van der Waals surface area (Å²) in [5.74, 6) is -0.152. The third-order valence-corrected chi connectivity index (χ3v) is 7.70. The monoisotopic (exact) mass is 477 g/mol. The minimum atomic E-state index is -3.69. The van der Waals surface area contributed by atoms with Crippen LogP contribution >= 0.6 is 27.3 Å². The van der Waals surface area contributed by atoms with Gasteiger partial charge in [-0.05, 0) is 51.2 Å². The highest BCUT2D eigenvalue weighted by atomic mass is 79.9. The Labute approximate surface area is 177 Å². The lowest BCUT2D eigenvalue weighted by molar-refractivity contribution is 0.103. The molecule has 1 N–H and O–H groups in total. The first-order valence-electron chi connectivity index (χ1n) is 8.60. The van der Waals surface area contributed by atoms with Crippen LogP contribution in [0.4, 0.5) is 5.69 Å². The third-order valence-electron chi connectivity index (χ3n) is 4.20. The summed E-state index contributed by atoms with van der Waals surface area (Å²) in [7, 11) is -3.69. The van der Waals surface area contributed by atoms with Crippen molar-refractivity contribution in [3.8, 4) is 0 Å². The molecule has 1 heterocycles. The van der Waals surface area contributed by atoms with E-state index in [1.54, 1.807) is 30.3 Å². The summed E-state index contributed by atoms with van der Waals surface area (Å²) in [5.41, 5.74) is 2.50. The Balaban J connectivity index is 1.84.